The van der Waals surface area contributed by atoms with Gasteiger partial charge in [-0.15, -0.1) is 0 Å². The maximum atomic E-state index is 12.6. The molecule has 0 saturated carbocycles. The van der Waals surface area contributed by atoms with Crippen LogP contribution in [0.25, 0.3) is 0 Å². The Bertz CT molecular complexity index is 941. The molecule has 30 heavy (non-hydrogen) atoms. The van der Waals surface area contributed by atoms with Gasteiger partial charge in [-0.25, -0.2) is 4.79 Å². The van der Waals surface area contributed by atoms with E-state index in [4.69, 9.17) is 4.74 Å². The van der Waals surface area contributed by atoms with Crippen LogP contribution in [0.2, 0.25) is 0 Å². The molecular formula is C22H28N4O4. The second-order valence-corrected chi connectivity index (χ2v) is 7.59. The van der Waals surface area contributed by atoms with Gasteiger partial charge in [0.2, 0.25) is 0 Å². The van der Waals surface area contributed by atoms with Crippen LogP contribution >= 0.6 is 0 Å². The molecule has 3 rings (SSSR count). The van der Waals surface area contributed by atoms with Gasteiger partial charge in [0.25, 0.3) is 11.8 Å². The smallest absolute Gasteiger partial charge is 0.339 e. The summed E-state index contributed by atoms with van der Waals surface area (Å²) in [5.74, 6) is -0.740. The number of rotatable bonds is 5. The standard InChI is InChI=1S/C22H28N4O4/c1-14-18(22(29)30-4)15(2)24-19(14)20(27)23-13-16-5-7-17(8-6-16)21(28)26-11-9-25(3)10-12-26/h5-8,24H,9-13H2,1-4H3,(H,23,27). The molecule has 2 N–H and O–H groups in total. The van der Waals surface area contributed by atoms with E-state index in [0.717, 1.165) is 31.7 Å². The van der Waals surface area contributed by atoms with Gasteiger partial charge in [0.15, 0.2) is 0 Å². The first-order valence-electron chi connectivity index (χ1n) is 9.94. The number of aromatic nitrogens is 1. The minimum Gasteiger partial charge on any atom is -0.465 e. The fourth-order valence-electron chi connectivity index (χ4n) is 3.61. The number of amides is 2. The van der Waals surface area contributed by atoms with Gasteiger partial charge in [-0.1, -0.05) is 12.1 Å². The Kier molecular flexibility index (Phi) is 6.56. The van der Waals surface area contributed by atoms with Crippen molar-refractivity contribution in [2.75, 3.05) is 40.3 Å². The monoisotopic (exact) mass is 412 g/mol. The van der Waals surface area contributed by atoms with E-state index < -0.39 is 5.97 Å². The van der Waals surface area contributed by atoms with Gasteiger partial charge >= 0.3 is 5.97 Å². The number of ether oxygens (including phenoxy) is 1. The zero-order valence-electron chi connectivity index (χ0n) is 17.9. The SMILES string of the molecule is COC(=O)c1c(C)[nH]c(C(=O)NCc2ccc(C(=O)N3CCN(C)CC3)cc2)c1C. The third kappa shape index (κ3) is 4.54. The number of carbonyl (C=O) groups is 3. The lowest BCUT2D eigenvalue weighted by Gasteiger charge is -2.32. The van der Waals surface area contributed by atoms with Crippen molar-refractivity contribution >= 4 is 17.8 Å². The molecule has 0 atom stereocenters. The number of aryl methyl sites for hydroxylation is 1. The Morgan fingerprint density at radius 1 is 1.07 bits per heavy atom. The quantitative estimate of drug-likeness (QED) is 0.730. The molecule has 1 saturated heterocycles. The molecule has 2 heterocycles. The van der Waals surface area contributed by atoms with E-state index in [1.807, 2.05) is 17.0 Å². The van der Waals surface area contributed by atoms with Gasteiger partial charge in [0.1, 0.15) is 5.69 Å². The van der Waals surface area contributed by atoms with Gasteiger partial charge in [-0.3, -0.25) is 9.59 Å². The lowest BCUT2D eigenvalue weighted by Crippen LogP contribution is -2.47. The van der Waals surface area contributed by atoms with Crippen molar-refractivity contribution in [3.63, 3.8) is 0 Å². The molecule has 0 radical (unpaired) electrons. The van der Waals surface area contributed by atoms with E-state index in [2.05, 4.69) is 22.2 Å². The summed E-state index contributed by atoms with van der Waals surface area (Å²) >= 11 is 0. The highest BCUT2D eigenvalue weighted by Gasteiger charge is 2.23. The molecule has 0 aliphatic carbocycles. The minimum atomic E-state index is -0.471. The second kappa shape index (κ2) is 9.13. The largest absolute Gasteiger partial charge is 0.465 e. The van der Waals surface area contributed by atoms with Crippen molar-refractivity contribution in [2.24, 2.45) is 0 Å². The van der Waals surface area contributed by atoms with E-state index in [1.165, 1.54) is 7.11 Å². The Labute approximate surface area is 176 Å². The summed E-state index contributed by atoms with van der Waals surface area (Å²) in [7, 11) is 3.36. The Hall–Kier alpha value is -3.13. The van der Waals surface area contributed by atoms with Crippen molar-refractivity contribution in [2.45, 2.75) is 20.4 Å². The number of esters is 1. The maximum absolute atomic E-state index is 12.6. The topological polar surface area (TPSA) is 94.7 Å². The summed E-state index contributed by atoms with van der Waals surface area (Å²) in [5.41, 5.74) is 3.41. The number of H-pyrrole nitrogens is 1. The molecule has 2 aromatic rings. The number of likely N-dealkylation sites (N-methyl/N-ethyl adjacent to an activating group) is 1. The first-order valence-corrected chi connectivity index (χ1v) is 9.94. The predicted molar refractivity (Wildman–Crippen MR) is 113 cm³/mol. The molecule has 8 nitrogen and oxygen atoms in total. The van der Waals surface area contributed by atoms with Crippen molar-refractivity contribution in [1.82, 2.24) is 20.1 Å². The Morgan fingerprint density at radius 3 is 2.30 bits per heavy atom. The zero-order valence-corrected chi connectivity index (χ0v) is 17.9. The zero-order chi connectivity index (χ0) is 21.8. The average Bonchev–Trinajstić information content (AvgIpc) is 3.06. The van der Waals surface area contributed by atoms with Crippen LogP contribution in [0.5, 0.6) is 0 Å². The molecule has 1 aliphatic rings. The first kappa shape index (κ1) is 21.6. The fourth-order valence-corrected chi connectivity index (χ4v) is 3.61. The number of nitrogens with one attached hydrogen (secondary N) is 2. The Balaban J connectivity index is 1.61. The van der Waals surface area contributed by atoms with Crippen LogP contribution in [0, 0.1) is 13.8 Å². The average molecular weight is 412 g/mol. The number of hydrogen-bond donors (Lipinski definition) is 2. The highest BCUT2D eigenvalue weighted by molar-refractivity contribution is 6.00. The second-order valence-electron chi connectivity index (χ2n) is 7.59. The van der Waals surface area contributed by atoms with Gasteiger partial charge in [0.05, 0.1) is 12.7 Å². The summed E-state index contributed by atoms with van der Waals surface area (Å²) < 4.78 is 4.78. The normalized spacial score (nSPS) is 14.5. The molecule has 160 valence electrons. The van der Waals surface area contributed by atoms with E-state index in [9.17, 15) is 14.4 Å². The number of methoxy groups -OCH3 is 1. The molecule has 0 spiro atoms. The molecule has 2 amide bonds. The molecule has 1 aromatic carbocycles. The summed E-state index contributed by atoms with van der Waals surface area (Å²) in [6.45, 7) is 6.98. The van der Waals surface area contributed by atoms with Gasteiger partial charge in [0, 0.05) is 44.0 Å². The Morgan fingerprint density at radius 2 is 1.70 bits per heavy atom. The van der Waals surface area contributed by atoms with Crippen LogP contribution in [-0.2, 0) is 11.3 Å². The first-order chi connectivity index (χ1) is 14.3. The number of piperazine rings is 1. The molecule has 0 unspecified atom stereocenters. The van der Waals surface area contributed by atoms with Gasteiger partial charge in [-0.05, 0) is 44.2 Å². The maximum Gasteiger partial charge on any atom is 0.339 e. The summed E-state index contributed by atoms with van der Waals surface area (Å²) in [6.07, 6.45) is 0. The van der Waals surface area contributed by atoms with Crippen LogP contribution in [0.4, 0.5) is 0 Å². The number of hydrogen-bond acceptors (Lipinski definition) is 5. The summed E-state index contributed by atoms with van der Waals surface area (Å²) in [4.78, 5) is 44.1. The van der Waals surface area contributed by atoms with Crippen molar-refractivity contribution in [1.29, 1.82) is 0 Å². The molecular weight excluding hydrogens is 384 g/mol. The fraction of sp³-hybridized carbons (Fsp3) is 0.409. The number of aromatic amines is 1. The minimum absolute atomic E-state index is 0.0338. The van der Waals surface area contributed by atoms with Gasteiger partial charge in [-0.2, -0.15) is 0 Å². The van der Waals surface area contributed by atoms with Crippen molar-refractivity contribution < 1.29 is 19.1 Å². The number of carbonyl (C=O) groups excluding carboxylic acids is 3. The third-order valence-electron chi connectivity index (χ3n) is 5.50. The van der Waals surface area contributed by atoms with Crippen molar-refractivity contribution in [3.8, 4) is 0 Å². The highest BCUT2D eigenvalue weighted by Crippen LogP contribution is 2.19. The number of benzene rings is 1. The van der Waals surface area contributed by atoms with Gasteiger partial charge < -0.3 is 24.8 Å². The van der Waals surface area contributed by atoms with Crippen LogP contribution in [0.1, 0.15) is 48.0 Å². The molecule has 1 aromatic heterocycles. The summed E-state index contributed by atoms with van der Waals surface area (Å²) in [5, 5.41) is 2.85. The van der Waals surface area contributed by atoms with E-state index in [0.29, 0.717) is 34.6 Å². The predicted octanol–water partition coefficient (Wildman–Crippen LogP) is 1.74. The van der Waals surface area contributed by atoms with E-state index in [-0.39, 0.29) is 11.8 Å². The highest BCUT2D eigenvalue weighted by atomic mass is 16.5. The van der Waals surface area contributed by atoms with Crippen LogP contribution in [0.3, 0.4) is 0 Å². The molecule has 1 fully saturated rings. The lowest BCUT2D eigenvalue weighted by atomic mass is 10.1. The van der Waals surface area contributed by atoms with Crippen LogP contribution in [-0.4, -0.2) is 72.9 Å². The number of nitrogens with zero attached hydrogens (tertiary/aromatic N) is 2. The van der Waals surface area contributed by atoms with Crippen LogP contribution < -0.4 is 5.32 Å². The molecule has 8 heteroatoms. The van der Waals surface area contributed by atoms with E-state index >= 15 is 0 Å². The van der Waals surface area contributed by atoms with Crippen LogP contribution in [0.15, 0.2) is 24.3 Å². The van der Waals surface area contributed by atoms with Crippen molar-refractivity contribution in [3.05, 3.63) is 57.9 Å². The summed E-state index contributed by atoms with van der Waals surface area (Å²) in [6, 6.07) is 7.27. The lowest BCUT2D eigenvalue weighted by molar-refractivity contribution is 0.0598. The third-order valence-corrected chi connectivity index (χ3v) is 5.50. The molecule has 1 aliphatic heterocycles. The van der Waals surface area contributed by atoms with E-state index in [1.54, 1.807) is 26.0 Å². The molecule has 0 bridgehead atoms.